The van der Waals surface area contributed by atoms with E-state index in [9.17, 15) is 14.4 Å². The van der Waals surface area contributed by atoms with Crippen molar-refractivity contribution in [3.05, 3.63) is 89.0 Å². The molecule has 6 nitrogen and oxygen atoms in total. The Hall–Kier alpha value is -3.58. The molecule has 162 valence electrons. The lowest BCUT2D eigenvalue weighted by atomic mass is 10.1. The Morgan fingerprint density at radius 3 is 2.53 bits per heavy atom. The number of aryl methyl sites for hydroxylation is 1. The average Bonchev–Trinajstić information content (AvgIpc) is 3.22. The molecule has 0 radical (unpaired) electrons. The summed E-state index contributed by atoms with van der Waals surface area (Å²) in [6, 6.07) is 20.1. The largest absolute Gasteiger partial charge is 0.366 e. The summed E-state index contributed by atoms with van der Waals surface area (Å²) in [4.78, 5) is 39.7. The van der Waals surface area contributed by atoms with Crippen molar-refractivity contribution in [2.45, 2.75) is 18.2 Å². The van der Waals surface area contributed by atoms with E-state index in [0.29, 0.717) is 28.9 Å². The molecule has 0 unspecified atom stereocenters. The monoisotopic (exact) mass is 445 g/mol. The molecule has 32 heavy (non-hydrogen) atoms. The van der Waals surface area contributed by atoms with Crippen LogP contribution in [0.2, 0.25) is 0 Å². The van der Waals surface area contributed by atoms with Gasteiger partial charge in [0.05, 0.1) is 11.3 Å². The number of benzene rings is 3. The molecule has 0 atom stereocenters. The molecule has 0 aromatic heterocycles. The SMILES string of the molecule is Cc1cc(NC(=O)c2ccccc2SCC(=O)N2CCc3ccccc32)ccc1C(N)=O. The number of para-hydroxylation sites is 1. The third-order valence-corrected chi connectivity index (χ3v) is 6.48. The molecule has 0 saturated heterocycles. The van der Waals surface area contributed by atoms with E-state index in [2.05, 4.69) is 5.32 Å². The number of fused-ring (bicyclic) bond motifs is 1. The zero-order valence-electron chi connectivity index (χ0n) is 17.6. The van der Waals surface area contributed by atoms with Crippen molar-refractivity contribution < 1.29 is 14.4 Å². The predicted octanol–water partition coefficient (Wildman–Crippen LogP) is 4.03. The Morgan fingerprint density at radius 2 is 1.75 bits per heavy atom. The zero-order valence-corrected chi connectivity index (χ0v) is 18.4. The first-order valence-corrected chi connectivity index (χ1v) is 11.2. The number of nitrogens with zero attached hydrogens (tertiary/aromatic N) is 1. The van der Waals surface area contributed by atoms with E-state index < -0.39 is 5.91 Å². The highest BCUT2D eigenvalue weighted by atomic mass is 32.2. The van der Waals surface area contributed by atoms with E-state index >= 15 is 0 Å². The number of hydrogen-bond acceptors (Lipinski definition) is 4. The van der Waals surface area contributed by atoms with Crippen LogP contribution in [-0.2, 0) is 11.2 Å². The second-order valence-electron chi connectivity index (χ2n) is 7.56. The number of thioether (sulfide) groups is 1. The van der Waals surface area contributed by atoms with Crippen LogP contribution in [0.25, 0.3) is 0 Å². The quantitative estimate of drug-likeness (QED) is 0.561. The van der Waals surface area contributed by atoms with Gasteiger partial charge >= 0.3 is 0 Å². The van der Waals surface area contributed by atoms with Crippen LogP contribution in [0.1, 0.15) is 31.8 Å². The standard InChI is InChI=1S/C25H23N3O3S/c1-16-14-18(10-11-19(16)24(26)30)27-25(31)20-7-3-5-9-22(20)32-15-23(29)28-13-12-17-6-2-4-8-21(17)28/h2-11,14H,12-13,15H2,1H3,(H2,26,30)(H,27,31). The Labute approximate surface area is 190 Å². The number of carbonyl (C=O) groups is 3. The molecule has 7 heteroatoms. The van der Waals surface area contributed by atoms with E-state index in [1.165, 1.54) is 17.3 Å². The fourth-order valence-corrected chi connectivity index (χ4v) is 4.74. The summed E-state index contributed by atoms with van der Waals surface area (Å²) in [7, 11) is 0. The number of hydrogen-bond donors (Lipinski definition) is 2. The highest BCUT2D eigenvalue weighted by Gasteiger charge is 2.24. The van der Waals surface area contributed by atoms with Gasteiger partial charge in [-0.3, -0.25) is 14.4 Å². The Bertz CT molecular complexity index is 1210. The first kappa shape index (κ1) is 21.6. The fraction of sp³-hybridized carbons (Fsp3) is 0.160. The van der Waals surface area contributed by atoms with Crippen LogP contribution < -0.4 is 16.0 Å². The lowest BCUT2D eigenvalue weighted by molar-refractivity contribution is -0.116. The highest BCUT2D eigenvalue weighted by molar-refractivity contribution is 8.00. The molecule has 1 aliphatic rings. The second-order valence-corrected chi connectivity index (χ2v) is 8.57. The zero-order chi connectivity index (χ0) is 22.7. The van der Waals surface area contributed by atoms with Gasteiger partial charge in [0.15, 0.2) is 0 Å². The van der Waals surface area contributed by atoms with Crippen molar-refractivity contribution in [3.8, 4) is 0 Å². The molecule has 0 spiro atoms. The van der Waals surface area contributed by atoms with E-state index in [-0.39, 0.29) is 17.6 Å². The van der Waals surface area contributed by atoms with Gasteiger partial charge in [-0.05, 0) is 60.9 Å². The third kappa shape index (κ3) is 4.53. The van der Waals surface area contributed by atoms with Crippen LogP contribution in [-0.4, -0.2) is 30.0 Å². The maximum atomic E-state index is 12.9. The van der Waals surface area contributed by atoms with E-state index in [1.807, 2.05) is 41.3 Å². The Kier molecular flexibility index (Phi) is 6.28. The summed E-state index contributed by atoms with van der Waals surface area (Å²) >= 11 is 1.35. The minimum Gasteiger partial charge on any atom is -0.366 e. The van der Waals surface area contributed by atoms with Crippen LogP contribution in [0, 0.1) is 6.92 Å². The summed E-state index contributed by atoms with van der Waals surface area (Å²) < 4.78 is 0. The first-order valence-electron chi connectivity index (χ1n) is 10.3. The molecule has 4 rings (SSSR count). The topological polar surface area (TPSA) is 92.5 Å². The average molecular weight is 446 g/mol. The molecular weight excluding hydrogens is 422 g/mol. The van der Waals surface area contributed by atoms with Gasteiger partial charge in [-0.15, -0.1) is 11.8 Å². The van der Waals surface area contributed by atoms with E-state index in [4.69, 9.17) is 5.73 Å². The molecule has 0 aliphatic carbocycles. The molecular formula is C25H23N3O3S. The van der Waals surface area contributed by atoms with Crippen LogP contribution >= 0.6 is 11.8 Å². The summed E-state index contributed by atoms with van der Waals surface area (Å²) in [6.07, 6.45) is 0.861. The number of rotatable bonds is 6. The Balaban J connectivity index is 1.45. The molecule has 1 aliphatic heterocycles. The number of primary amides is 1. The molecule has 3 N–H and O–H groups in total. The van der Waals surface area contributed by atoms with Gasteiger partial charge in [0, 0.05) is 28.4 Å². The van der Waals surface area contributed by atoms with Crippen molar-refractivity contribution in [1.82, 2.24) is 0 Å². The molecule has 1 heterocycles. The maximum Gasteiger partial charge on any atom is 0.256 e. The second kappa shape index (κ2) is 9.28. The first-order chi connectivity index (χ1) is 15.4. The number of carbonyl (C=O) groups excluding carboxylic acids is 3. The van der Waals surface area contributed by atoms with Crippen molar-refractivity contribution in [2.24, 2.45) is 5.73 Å². The molecule has 0 fully saturated rings. The Morgan fingerprint density at radius 1 is 1.00 bits per heavy atom. The van der Waals surface area contributed by atoms with Crippen molar-refractivity contribution >= 4 is 40.9 Å². The summed E-state index contributed by atoms with van der Waals surface area (Å²) in [6.45, 7) is 2.45. The molecule has 0 bridgehead atoms. The van der Waals surface area contributed by atoms with E-state index in [0.717, 1.165) is 17.0 Å². The molecule has 3 amide bonds. The highest BCUT2D eigenvalue weighted by Crippen LogP contribution is 2.30. The van der Waals surface area contributed by atoms with Gasteiger partial charge in [0.1, 0.15) is 0 Å². The van der Waals surface area contributed by atoms with Gasteiger partial charge in [0.2, 0.25) is 11.8 Å². The summed E-state index contributed by atoms with van der Waals surface area (Å²) in [5, 5.41) is 2.86. The van der Waals surface area contributed by atoms with Gasteiger partial charge in [-0.1, -0.05) is 30.3 Å². The number of nitrogens with one attached hydrogen (secondary N) is 1. The van der Waals surface area contributed by atoms with Gasteiger partial charge < -0.3 is 16.0 Å². The smallest absolute Gasteiger partial charge is 0.256 e. The maximum absolute atomic E-state index is 12.9. The number of anilines is 2. The fourth-order valence-electron chi connectivity index (χ4n) is 3.81. The van der Waals surface area contributed by atoms with Crippen LogP contribution in [0.15, 0.2) is 71.6 Å². The lowest BCUT2D eigenvalue weighted by Gasteiger charge is -2.17. The molecule has 0 saturated carbocycles. The number of amides is 3. The normalized spacial score (nSPS) is 12.3. The van der Waals surface area contributed by atoms with Gasteiger partial charge in [-0.25, -0.2) is 0 Å². The summed E-state index contributed by atoms with van der Waals surface area (Å²) in [5.74, 6) is -0.524. The number of nitrogens with two attached hydrogens (primary N) is 1. The van der Waals surface area contributed by atoms with Crippen molar-refractivity contribution in [3.63, 3.8) is 0 Å². The van der Waals surface area contributed by atoms with Crippen LogP contribution in [0.3, 0.4) is 0 Å². The van der Waals surface area contributed by atoms with Crippen LogP contribution in [0.5, 0.6) is 0 Å². The molecule has 3 aromatic carbocycles. The minimum atomic E-state index is -0.507. The van der Waals surface area contributed by atoms with Crippen molar-refractivity contribution in [1.29, 1.82) is 0 Å². The minimum absolute atomic E-state index is 0.0211. The lowest BCUT2D eigenvalue weighted by Crippen LogP contribution is -2.30. The van der Waals surface area contributed by atoms with Gasteiger partial charge in [-0.2, -0.15) is 0 Å². The van der Waals surface area contributed by atoms with Gasteiger partial charge in [0.25, 0.3) is 5.91 Å². The predicted molar refractivity (Wildman–Crippen MR) is 127 cm³/mol. The van der Waals surface area contributed by atoms with E-state index in [1.54, 1.807) is 37.3 Å². The summed E-state index contributed by atoms with van der Waals surface area (Å²) in [5.41, 5.74) is 9.67. The third-order valence-electron chi connectivity index (χ3n) is 5.42. The molecule has 3 aromatic rings. The van der Waals surface area contributed by atoms with Crippen molar-refractivity contribution in [2.75, 3.05) is 22.5 Å². The van der Waals surface area contributed by atoms with Crippen LogP contribution in [0.4, 0.5) is 11.4 Å².